The Morgan fingerprint density at radius 3 is 2.63 bits per heavy atom. The Hall–Kier alpha value is -3.04. The number of rotatable bonds is 6. The number of anilines is 4. The number of β-amino-alcohol motifs (C(OH)–C–C–N with tert-alkyl or cyclic N) is 1. The third kappa shape index (κ3) is 5.31. The van der Waals surface area contributed by atoms with E-state index in [9.17, 15) is 9.50 Å². The topological polar surface area (TPSA) is 99.1 Å². The second-order valence-electron chi connectivity index (χ2n) is 6.96. The summed E-state index contributed by atoms with van der Waals surface area (Å²) in [5.41, 5.74) is 0.917. The minimum Gasteiger partial charge on any atom is -0.391 e. The monoisotopic (exact) mass is 431 g/mol. The SMILES string of the molecule is C[C@H](Nc1nc(Nc2cnccn2)cc(N2CCC(O)C2)n1)c1ccc(F)cc1.Cl. The Balaban J connectivity index is 0.00000256. The zero-order valence-corrected chi connectivity index (χ0v) is 17.2. The second-order valence-corrected chi connectivity index (χ2v) is 6.96. The maximum Gasteiger partial charge on any atom is 0.227 e. The first-order valence-corrected chi connectivity index (χ1v) is 9.44. The summed E-state index contributed by atoms with van der Waals surface area (Å²) >= 11 is 0. The summed E-state index contributed by atoms with van der Waals surface area (Å²) in [6.07, 6.45) is 5.13. The van der Waals surface area contributed by atoms with E-state index in [4.69, 9.17) is 0 Å². The molecular formula is C20H23ClFN7O. The first-order chi connectivity index (χ1) is 14.1. The van der Waals surface area contributed by atoms with Crippen molar-refractivity contribution >= 4 is 35.8 Å². The Labute approximate surface area is 180 Å². The van der Waals surface area contributed by atoms with Crippen molar-refractivity contribution in [2.75, 3.05) is 28.6 Å². The van der Waals surface area contributed by atoms with Crippen molar-refractivity contribution in [2.24, 2.45) is 0 Å². The number of aromatic nitrogens is 4. The Morgan fingerprint density at radius 1 is 1.17 bits per heavy atom. The molecule has 0 spiro atoms. The average Bonchev–Trinajstić information content (AvgIpc) is 3.15. The van der Waals surface area contributed by atoms with E-state index in [2.05, 4.69) is 30.6 Å². The number of aliphatic hydroxyl groups is 1. The number of nitrogens with one attached hydrogen (secondary N) is 2. The molecule has 3 N–H and O–H groups in total. The summed E-state index contributed by atoms with van der Waals surface area (Å²) < 4.78 is 13.2. The van der Waals surface area contributed by atoms with Crippen LogP contribution in [0.25, 0.3) is 0 Å². The van der Waals surface area contributed by atoms with Gasteiger partial charge in [0.1, 0.15) is 23.3 Å². The standard InChI is InChI=1S/C20H22FN7O.ClH/c1-13(14-2-4-15(21)5-3-14)24-20-26-17(25-18-11-22-7-8-23-18)10-19(27-20)28-9-6-16(29)12-28;/h2-5,7-8,10-11,13,16,29H,6,9,12H2,1H3,(H2,23,24,25,26,27);1H/t13-,16?;/m0./s1. The van der Waals surface area contributed by atoms with Gasteiger partial charge in [0.25, 0.3) is 0 Å². The number of nitrogens with zero attached hydrogens (tertiary/aromatic N) is 5. The highest BCUT2D eigenvalue weighted by molar-refractivity contribution is 5.85. The van der Waals surface area contributed by atoms with E-state index in [1.807, 2.05) is 17.9 Å². The maximum absolute atomic E-state index is 13.2. The molecule has 2 atom stereocenters. The quantitative estimate of drug-likeness (QED) is 0.546. The summed E-state index contributed by atoms with van der Waals surface area (Å²) in [7, 11) is 0. The molecule has 4 rings (SSSR count). The molecule has 0 amide bonds. The van der Waals surface area contributed by atoms with Crippen molar-refractivity contribution in [1.82, 2.24) is 19.9 Å². The number of benzene rings is 1. The Morgan fingerprint density at radius 2 is 1.97 bits per heavy atom. The molecule has 1 saturated heterocycles. The highest BCUT2D eigenvalue weighted by Crippen LogP contribution is 2.26. The van der Waals surface area contributed by atoms with Crippen molar-refractivity contribution in [3.8, 4) is 0 Å². The minimum atomic E-state index is -0.365. The van der Waals surface area contributed by atoms with Crippen LogP contribution in [0.1, 0.15) is 24.9 Å². The van der Waals surface area contributed by atoms with Gasteiger partial charge in [-0.3, -0.25) is 4.98 Å². The van der Waals surface area contributed by atoms with E-state index >= 15 is 0 Å². The van der Waals surface area contributed by atoms with Gasteiger partial charge in [-0.05, 0) is 31.0 Å². The van der Waals surface area contributed by atoms with Crippen LogP contribution in [0.15, 0.2) is 48.9 Å². The van der Waals surface area contributed by atoms with Gasteiger partial charge in [-0.15, -0.1) is 12.4 Å². The van der Waals surface area contributed by atoms with Crippen LogP contribution in [-0.2, 0) is 0 Å². The van der Waals surface area contributed by atoms with Crippen LogP contribution in [0, 0.1) is 5.82 Å². The fraction of sp³-hybridized carbons (Fsp3) is 0.300. The first kappa shape index (κ1) is 21.7. The van der Waals surface area contributed by atoms with Crippen LogP contribution < -0.4 is 15.5 Å². The van der Waals surface area contributed by atoms with Crippen LogP contribution in [0.3, 0.4) is 0 Å². The maximum atomic E-state index is 13.2. The average molecular weight is 432 g/mol. The van der Waals surface area contributed by atoms with E-state index in [1.165, 1.54) is 12.1 Å². The lowest BCUT2D eigenvalue weighted by atomic mass is 10.1. The van der Waals surface area contributed by atoms with Gasteiger partial charge < -0.3 is 20.6 Å². The van der Waals surface area contributed by atoms with Gasteiger partial charge in [0, 0.05) is 31.5 Å². The molecular weight excluding hydrogens is 409 g/mol. The number of hydrogen-bond donors (Lipinski definition) is 3. The third-order valence-electron chi connectivity index (χ3n) is 4.73. The lowest BCUT2D eigenvalue weighted by molar-refractivity contribution is 0.198. The van der Waals surface area contributed by atoms with Gasteiger partial charge in [-0.25, -0.2) is 9.37 Å². The van der Waals surface area contributed by atoms with Gasteiger partial charge in [-0.1, -0.05) is 12.1 Å². The van der Waals surface area contributed by atoms with Gasteiger partial charge in [-0.2, -0.15) is 9.97 Å². The molecule has 3 heterocycles. The van der Waals surface area contributed by atoms with E-state index in [1.54, 1.807) is 30.7 Å². The van der Waals surface area contributed by atoms with Crippen molar-refractivity contribution in [3.63, 3.8) is 0 Å². The number of halogens is 2. The molecule has 1 unspecified atom stereocenters. The number of hydrogen-bond acceptors (Lipinski definition) is 8. The van der Waals surface area contributed by atoms with E-state index in [0.29, 0.717) is 36.4 Å². The predicted octanol–water partition coefficient (Wildman–Crippen LogP) is 3.32. The van der Waals surface area contributed by atoms with Crippen molar-refractivity contribution in [3.05, 3.63) is 60.3 Å². The van der Waals surface area contributed by atoms with Crippen molar-refractivity contribution < 1.29 is 9.50 Å². The van der Waals surface area contributed by atoms with E-state index < -0.39 is 0 Å². The lowest BCUT2D eigenvalue weighted by Gasteiger charge is -2.20. The summed E-state index contributed by atoms with van der Waals surface area (Å²) in [4.78, 5) is 19.4. The zero-order chi connectivity index (χ0) is 20.2. The van der Waals surface area contributed by atoms with Gasteiger partial charge in [0.2, 0.25) is 5.95 Å². The lowest BCUT2D eigenvalue weighted by Crippen LogP contribution is -2.23. The molecule has 0 bridgehead atoms. The third-order valence-corrected chi connectivity index (χ3v) is 4.73. The van der Waals surface area contributed by atoms with Crippen LogP contribution in [0.4, 0.5) is 27.8 Å². The summed E-state index contributed by atoms with van der Waals surface area (Å²) in [5, 5.41) is 16.3. The molecule has 0 saturated carbocycles. The molecule has 0 aliphatic carbocycles. The summed E-state index contributed by atoms with van der Waals surface area (Å²) in [6, 6.07) is 8.01. The highest BCUT2D eigenvalue weighted by Gasteiger charge is 2.23. The van der Waals surface area contributed by atoms with E-state index in [-0.39, 0.29) is 30.4 Å². The van der Waals surface area contributed by atoms with Crippen molar-refractivity contribution in [2.45, 2.75) is 25.5 Å². The van der Waals surface area contributed by atoms with E-state index in [0.717, 1.165) is 12.1 Å². The minimum absolute atomic E-state index is 0. The molecule has 10 heteroatoms. The van der Waals surface area contributed by atoms with Crippen LogP contribution in [0.5, 0.6) is 0 Å². The second kappa shape index (κ2) is 9.64. The number of aliphatic hydroxyl groups excluding tert-OH is 1. The first-order valence-electron chi connectivity index (χ1n) is 9.44. The molecule has 0 radical (unpaired) electrons. The normalized spacial score (nSPS) is 16.6. The van der Waals surface area contributed by atoms with Gasteiger partial charge >= 0.3 is 0 Å². The molecule has 8 nitrogen and oxygen atoms in total. The predicted molar refractivity (Wildman–Crippen MR) is 116 cm³/mol. The fourth-order valence-electron chi connectivity index (χ4n) is 3.20. The molecule has 1 aliphatic rings. The Bertz CT molecular complexity index is 961. The largest absolute Gasteiger partial charge is 0.391 e. The highest BCUT2D eigenvalue weighted by atomic mass is 35.5. The molecule has 1 aromatic carbocycles. The van der Waals surface area contributed by atoms with Crippen LogP contribution in [0.2, 0.25) is 0 Å². The molecule has 1 aliphatic heterocycles. The smallest absolute Gasteiger partial charge is 0.227 e. The molecule has 2 aromatic heterocycles. The molecule has 1 fully saturated rings. The molecule has 3 aromatic rings. The fourth-order valence-corrected chi connectivity index (χ4v) is 3.20. The van der Waals surface area contributed by atoms with Crippen LogP contribution in [-0.4, -0.2) is 44.2 Å². The molecule has 158 valence electrons. The molecule has 30 heavy (non-hydrogen) atoms. The van der Waals surface area contributed by atoms with Gasteiger partial charge in [0.15, 0.2) is 0 Å². The van der Waals surface area contributed by atoms with Gasteiger partial charge in [0.05, 0.1) is 18.3 Å². The Kier molecular flexibility index (Phi) is 6.96. The summed E-state index contributed by atoms with van der Waals surface area (Å²) in [6.45, 7) is 3.20. The van der Waals surface area contributed by atoms with Crippen LogP contribution >= 0.6 is 12.4 Å². The zero-order valence-electron chi connectivity index (χ0n) is 16.4. The summed E-state index contributed by atoms with van der Waals surface area (Å²) in [5.74, 6) is 1.98. The van der Waals surface area contributed by atoms with Crippen molar-refractivity contribution in [1.29, 1.82) is 0 Å².